The third kappa shape index (κ3) is 4.03. The summed E-state index contributed by atoms with van der Waals surface area (Å²) in [5.41, 5.74) is -0.272. The number of halogens is 3. The Morgan fingerprint density at radius 2 is 1.93 bits per heavy atom. The summed E-state index contributed by atoms with van der Waals surface area (Å²) < 4.78 is 52.5. The fraction of sp³-hybridized carbons (Fsp3) is 0.125. The molecule has 0 amide bonds. The summed E-state index contributed by atoms with van der Waals surface area (Å²) in [5.74, 6) is -3.18. The maximum atomic E-state index is 14.0. The van der Waals surface area contributed by atoms with E-state index < -0.39 is 33.2 Å². The normalized spacial score (nSPS) is 11.7. The minimum Gasteiger partial charge on any atom is -0.476 e. The second-order valence-electron chi connectivity index (χ2n) is 5.45. The predicted octanol–water partition coefficient (Wildman–Crippen LogP) is 4.78. The average molecular weight is 450 g/mol. The molecule has 0 unspecified atom stereocenters. The molecule has 3 rings (SSSR count). The number of carbonyl (C=O) groups is 1. The first-order valence-corrected chi connectivity index (χ1v) is 10.9. The van der Waals surface area contributed by atoms with Gasteiger partial charge in [0, 0.05) is 16.0 Å². The van der Waals surface area contributed by atoms with Crippen LogP contribution in [-0.4, -0.2) is 24.5 Å². The molecule has 0 radical (unpaired) electrons. The van der Waals surface area contributed by atoms with Crippen molar-refractivity contribution in [2.24, 2.45) is 0 Å². The average Bonchev–Trinajstić information content (AvgIpc) is 3.12. The molecular formula is C16H10ClF2NO4S3. The van der Waals surface area contributed by atoms with Crippen molar-refractivity contribution in [2.45, 2.75) is 16.9 Å². The molecular weight excluding hydrogens is 440 g/mol. The molecule has 0 spiro atoms. The number of sulfone groups is 1. The third-order valence-electron chi connectivity index (χ3n) is 3.55. The van der Waals surface area contributed by atoms with E-state index in [2.05, 4.69) is 4.98 Å². The number of rotatable bonds is 5. The summed E-state index contributed by atoms with van der Waals surface area (Å²) in [6.07, 6.45) is 0. The van der Waals surface area contributed by atoms with Crippen molar-refractivity contribution in [3.8, 4) is 11.1 Å². The number of thiophene rings is 1. The highest BCUT2D eigenvalue weighted by Crippen LogP contribution is 2.40. The Balaban J connectivity index is 1.98. The lowest BCUT2D eigenvalue weighted by Gasteiger charge is -2.01. The molecule has 2 aromatic heterocycles. The molecule has 5 nitrogen and oxygen atoms in total. The molecule has 27 heavy (non-hydrogen) atoms. The van der Waals surface area contributed by atoms with Gasteiger partial charge in [-0.25, -0.2) is 27.0 Å². The second kappa shape index (κ2) is 7.27. The molecule has 0 fully saturated rings. The van der Waals surface area contributed by atoms with Crippen molar-refractivity contribution >= 4 is 50.1 Å². The molecule has 0 aliphatic heterocycles. The van der Waals surface area contributed by atoms with Gasteiger partial charge in [-0.05, 0) is 31.2 Å². The van der Waals surface area contributed by atoms with Crippen LogP contribution in [0.1, 0.15) is 20.4 Å². The Kier molecular flexibility index (Phi) is 5.35. The zero-order valence-electron chi connectivity index (χ0n) is 13.5. The quantitative estimate of drug-likeness (QED) is 0.605. The fourth-order valence-corrected chi connectivity index (χ4v) is 6.69. The van der Waals surface area contributed by atoms with Crippen LogP contribution >= 0.6 is 34.3 Å². The summed E-state index contributed by atoms with van der Waals surface area (Å²) in [5, 5.41) is 9.14. The van der Waals surface area contributed by atoms with Gasteiger partial charge in [0.05, 0.1) is 0 Å². The monoisotopic (exact) mass is 449 g/mol. The molecule has 0 saturated heterocycles. The van der Waals surface area contributed by atoms with Crippen LogP contribution in [0.3, 0.4) is 0 Å². The highest BCUT2D eigenvalue weighted by Gasteiger charge is 2.25. The third-order valence-corrected chi connectivity index (χ3v) is 8.25. The van der Waals surface area contributed by atoms with Crippen molar-refractivity contribution < 1.29 is 27.1 Å². The van der Waals surface area contributed by atoms with Crippen molar-refractivity contribution in [3.63, 3.8) is 0 Å². The van der Waals surface area contributed by atoms with Crippen molar-refractivity contribution in [1.82, 2.24) is 4.98 Å². The van der Waals surface area contributed by atoms with E-state index in [9.17, 15) is 22.0 Å². The standard InChI is InChI=1S/C16H10ClF2NO4S3/c1-7-14(16(21)22)20-12(25-7)6-27(23,24)13-5-10(15(17)26-13)9-4-8(18)2-3-11(9)19/h2-5H,6H2,1H3,(H,21,22). The van der Waals surface area contributed by atoms with Gasteiger partial charge in [-0.1, -0.05) is 11.6 Å². The zero-order valence-corrected chi connectivity index (χ0v) is 16.7. The van der Waals surface area contributed by atoms with E-state index >= 15 is 0 Å². The Bertz CT molecular complexity index is 1150. The van der Waals surface area contributed by atoms with E-state index in [-0.39, 0.29) is 30.4 Å². The number of aromatic carboxylic acids is 1. The van der Waals surface area contributed by atoms with Gasteiger partial charge in [0.25, 0.3) is 0 Å². The van der Waals surface area contributed by atoms with Crippen molar-refractivity contribution in [2.75, 3.05) is 0 Å². The van der Waals surface area contributed by atoms with Gasteiger partial charge in [0.15, 0.2) is 15.5 Å². The predicted molar refractivity (Wildman–Crippen MR) is 99.4 cm³/mol. The Morgan fingerprint density at radius 3 is 2.56 bits per heavy atom. The summed E-state index contributed by atoms with van der Waals surface area (Å²) in [6, 6.07) is 3.99. The Labute approximate surface area is 165 Å². The van der Waals surface area contributed by atoms with Crippen LogP contribution in [0.25, 0.3) is 11.1 Å². The smallest absolute Gasteiger partial charge is 0.355 e. The summed E-state index contributed by atoms with van der Waals surface area (Å²) in [4.78, 5) is 15.3. The molecule has 3 aromatic rings. The minimum atomic E-state index is -3.90. The van der Waals surface area contributed by atoms with E-state index in [0.29, 0.717) is 16.2 Å². The second-order valence-corrected chi connectivity index (χ2v) is 10.6. The number of hydrogen-bond donors (Lipinski definition) is 1. The van der Waals surface area contributed by atoms with Gasteiger partial charge in [-0.15, -0.1) is 22.7 Å². The van der Waals surface area contributed by atoms with Gasteiger partial charge >= 0.3 is 5.97 Å². The van der Waals surface area contributed by atoms with Crippen LogP contribution in [0.15, 0.2) is 28.5 Å². The summed E-state index contributed by atoms with van der Waals surface area (Å²) in [6.45, 7) is 1.53. The lowest BCUT2D eigenvalue weighted by atomic mass is 10.1. The largest absolute Gasteiger partial charge is 0.476 e. The molecule has 0 bridgehead atoms. The molecule has 0 aliphatic carbocycles. The number of nitrogens with zero attached hydrogens (tertiary/aromatic N) is 1. The SMILES string of the molecule is Cc1sc(CS(=O)(=O)c2cc(-c3cc(F)ccc3F)c(Cl)s2)nc1C(=O)O. The number of carboxylic acid groups (broad SMARTS) is 1. The van der Waals surface area contributed by atoms with Crippen LogP contribution in [0, 0.1) is 18.6 Å². The van der Waals surface area contributed by atoms with Crippen molar-refractivity contribution in [1.29, 1.82) is 0 Å². The van der Waals surface area contributed by atoms with Crippen LogP contribution in [-0.2, 0) is 15.6 Å². The van der Waals surface area contributed by atoms with Gasteiger partial charge < -0.3 is 5.11 Å². The molecule has 1 N–H and O–H groups in total. The number of hydrogen-bond acceptors (Lipinski definition) is 6. The number of aryl methyl sites for hydroxylation is 1. The Morgan fingerprint density at radius 1 is 1.22 bits per heavy atom. The van der Waals surface area contributed by atoms with E-state index in [1.807, 2.05) is 0 Å². The Hall–Kier alpha value is -1.88. The van der Waals surface area contributed by atoms with Crippen molar-refractivity contribution in [3.05, 3.63) is 55.8 Å². The maximum Gasteiger partial charge on any atom is 0.355 e. The molecule has 2 heterocycles. The first-order valence-electron chi connectivity index (χ1n) is 7.25. The number of benzene rings is 1. The van der Waals surface area contributed by atoms with Crippen LogP contribution in [0.2, 0.25) is 4.34 Å². The number of carboxylic acids is 1. The van der Waals surface area contributed by atoms with Gasteiger partial charge in [-0.2, -0.15) is 0 Å². The molecule has 0 atom stereocenters. The van der Waals surface area contributed by atoms with Crippen LogP contribution < -0.4 is 0 Å². The summed E-state index contributed by atoms with van der Waals surface area (Å²) in [7, 11) is -3.90. The molecule has 1 aromatic carbocycles. The van der Waals surface area contributed by atoms with E-state index in [4.69, 9.17) is 16.7 Å². The highest BCUT2D eigenvalue weighted by atomic mass is 35.5. The first-order chi connectivity index (χ1) is 12.6. The lowest BCUT2D eigenvalue weighted by Crippen LogP contribution is -2.04. The topological polar surface area (TPSA) is 84.3 Å². The molecule has 11 heteroatoms. The molecule has 142 valence electrons. The van der Waals surface area contributed by atoms with E-state index in [1.54, 1.807) is 0 Å². The summed E-state index contributed by atoms with van der Waals surface area (Å²) >= 11 is 7.74. The molecule has 0 aliphatic rings. The van der Waals surface area contributed by atoms with Crippen LogP contribution in [0.5, 0.6) is 0 Å². The number of aromatic nitrogens is 1. The molecule has 0 saturated carbocycles. The fourth-order valence-electron chi connectivity index (χ4n) is 2.33. The van der Waals surface area contributed by atoms with E-state index in [0.717, 1.165) is 29.5 Å². The first kappa shape index (κ1) is 19.9. The number of thiazole rings is 1. The van der Waals surface area contributed by atoms with E-state index in [1.165, 1.54) is 13.0 Å². The van der Waals surface area contributed by atoms with Gasteiger partial charge in [-0.3, -0.25) is 0 Å². The lowest BCUT2D eigenvalue weighted by molar-refractivity contribution is 0.0690. The minimum absolute atomic E-state index is 0.000352. The highest BCUT2D eigenvalue weighted by molar-refractivity contribution is 7.92. The maximum absolute atomic E-state index is 14.0. The van der Waals surface area contributed by atoms with Gasteiger partial charge in [0.2, 0.25) is 0 Å². The van der Waals surface area contributed by atoms with Gasteiger partial charge in [0.1, 0.15) is 30.9 Å². The van der Waals surface area contributed by atoms with Crippen LogP contribution in [0.4, 0.5) is 8.78 Å². The zero-order chi connectivity index (χ0) is 19.9.